The molecular formula is C20H25ClF3N3O2. The fourth-order valence-electron chi connectivity index (χ4n) is 3.08. The van der Waals surface area contributed by atoms with Gasteiger partial charge in [0, 0.05) is 28.8 Å². The van der Waals surface area contributed by atoms with Crippen LogP contribution in [-0.2, 0) is 4.79 Å². The number of methoxy groups -OCH3 is 1. The Morgan fingerprint density at radius 2 is 2.03 bits per heavy atom. The Morgan fingerprint density at radius 3 is 2.69 bits per heavy atom. The van der Waals surface area contributed by atoms with E-state index in [1.54, 1.807) is 25.1 Å². The van der Waals surface area contributed by atoms with Crippen LogP contribution >= 0.6 is 11.6 Å². The molecule has 1 atom stereocenters. The fraction of sp³-hybridized carbons (Fsp3) is 0.500. The number of hydrogen-bond donors (Lipinski definition) is 2. The number of carbonyl (C=O) groups is 1. The highest BCUT2D eigenvalue weighted by molar-refractivity contribution is 6.31. The first-order chi connectivity index (χ1) is 13.6. The van der Waals surface area contributed by atoms with Gasteiger partial charge in [-0.05, 0) is 50.3 Å². The number of alkyl halides is 3. The minimum Gasteiger partial charge on any atom is -0.495 e. The van der Waals surface area contributed by atoms with Gasteiger partial charge in [-0.25, -0.2) is 0 Å². The van der Waals surface area contributed by atoms with Gasteiger partial charge in [0.05, 0.1) is 12.8 Å². The summed E-state index contributed by atoms with van der Waals surface area (Å²) in [5, 5.41) is 3.22. The normalized spacial score (nSPS) is 19.0. The number of benzene rings is 1. The van der Waals surface area contributed by atoms with Crippen molar-refractivity contribution in [2.45, 2.75) is 45.2 Å². The lowest BCUT2D eigenvalue weighted by molar-refractivity contribution is -0.119. The summed E-state index contributed by atoms with van der Waals surface area (Å²) in [6.07, 6.45) is -2.00. The van der Waals surface area contributed by atoms with Crippen LogP contribution in [0.3, 0.4) is 0 Å². The number of nitrogens with two attached hydrogens (primary N) is 1. The largest absolute Gasteiger partial charge is 0.495 e. The van der Waals surface area contributed by atoms with Gasteiger partial charge < -0.3 is 15.8 Å². The molecule has 5 nitrogen and oxygen atoms in total. The van der Waals surface area contributed by atoms with Gasteiger partial charge in [0.1, 0.15) is 11.4 Å². The molecule has 9 heteroatoms. The predicted octanol–water partition coefficient (Wildman–Crippen LogP) is 5.10. The van der Waals surface area contributed by atoms with E-state index < -0.39 is 17.8 Å². The highest BCUT2D eigenvalue weighted by atomic mass is 35.5. The summed E-state index contributed by atoms with van der Waals surface area (Å²) in [6.45, 7) is 1.97. The molecule has 160 valence electrons. The molecule has 1 aromatic rings. The molecule has 1 fully saturated rings. The van der Waals surface area contributed by atoms with Crippen molar-refractivity contribution < 1.29 is 22.7 Å². The number of halogens is 4. The summed E-state index contributed by atoms with van der Waals surface area (Å²) < 4.78 is 44.0. The van der Waals surface area contributed by atoms with E-state index in [4.69, 9.17) is 22.1 Å². The number of nitrogens with zero attached hydrogens (tertiary/aromatic N) is 1. The van der Waals surface area contributed by atoms with Crippen molar-refractivity contribution >= 4 is 28.9 Å². The maximum Gasteiger partial charge on any atom is 0.431 e. The lowest BCUT2D eigenvalue weighted by atomic mass is 9.91. The maximum absolute atomic E-state index is 13.0. The molecule has 0 heterocycles. The van der Waals surface area contributed by atoms with E-state index in [2.05, 4.69) is 10.3 Å². The quantitative estimate of drug-likeness (QED) is 0.657. The minimum atomic E-state index is -4.56. The topological polar surface area (TPSA) is 76.7 Å². The van der Waals surface area contributed by atoms with Crippen molar-refractivity contribution in [3.05, 3.63) is 34.5 Å². The summed E-state index contributed by atoms with van der Waals surface area (Å²) in [5.41, 5.74) is 5.19. The second-order valence-corrected chi connectivity index (χ2v) is 7.39. The van der Waals surface area contributed by atoms with E-state index >= 15 is 0 Å². The van der Waals surface area contributed by atoms with Crippen LogP contribution in [0.5, 0.6) is 5.75 Å². The molecule has 1 aliphatic carbocycles. The van der Waals surface area contributed by atoms with Gasteiger partial charge in [-0.15, -0.1) is 0 Å². The van der Waals surface area contributed by atoms with E-state index in [1.165, 1.54) is 7.11 Å². The van der Waals surface area contributed by atoms with Gasteiger partial charge in [0.2, 0.25) is 5.91 Å². The molecule has 1 saturated carbocycles. The molecular weight excluding hydrogens is 407 g/mol. The SMILES string of the molecule is COc1ccc(Cl)cc1NC(=O)C(C)CCN=C1CCCCC1=C(N)C(F)(F)F. The number of allylic oxidation sites excluding steroid dienone is 2. The standard InChI is InChI=1S/C20H25ClF3N3O2/c1-12(19(28)27-16-11-13(21)7-8-17(16)29-2)9-10-26-15-6-4-3-5-14(15)18(25)20(22,23)24/h7-8,11-12H,3-6,9-10,25H2,1-2H3,(H,27,28). The van der Waals surface area contributed by atoms with Gasteiger partial charge in [-0.3, -0.25) is 9.79 Å². The van der Waals surface area contributed by atoms with Crippen LogP contribution in [0, 0.1) is 5.92 Å². The average molecular weight is 432 g/mol. The fourth-order valence-corrected chi connectivity index (χ4v) is 3.26. The molecule has 0 aliphatic heterocycles. The van der Waals surface area contributed by atoms with E-state index in [0.717, 1.165) is 6.42 Å². The Labute approximate surface area is 173 Å². The molecule has 0 spiro atoms. The van der Waals surface area contributed by atoms with Crippen LogP contribution in [0.25, 0.3) is 0 Å². The van der Waals surface area contributed by atoms with Crippen LogP contribution in [0.2, 0.25) is 5.02 Å². The molecule has 0 saturated heterocycles. The first-order valence-corrected chi connectivity index (χ1v) is 9.75. The van der Waals surface area contributed by atoms with Crippen molar-refractivity contribution in [1.82, 2.24) is 0 Å². The second-order valence-electron chi connectivity index (χ2n) is 6.95. The number of anilines is 1. The third-order valence-electron chi connectivity index (χ3n) is 4.80. The Morgan fingerprint density at radius 1 is 1.34 bits per heavy atom. The van der Waals surface area contributed by atoms with Crippen LogP contribution < -0.4 is 15.8 Å². The molecule has 1 unspecified atom stereocenters. The minimum absolute atomic E-state index is 0.0875. The lowest BCUT2D eigenvalue weighted by Gasteiger charge is -2.21. The van der Waals surface area contributed by atoms with Crippen molar-refractivity contribution in [2.24, 2.45) is 16.6 Å². The zero-order valence-corrected chi connectivity index (χ0v) is 17.2. The molecule has 3 N–H and O–H groups in total. The van der Waals surface area contributed by atoms with Crippen molar-refractivity contribution in [2.75, 3.05) is 19.0 Å². The third kappa shape index (κ3) is 6.39. The van der Waals surface area contributed by atoms with Crippen molar-refractivity contribution in [1.29, 1.82) is 0 Å². The van der Waals surface area contributed by atoms with Gasteiger partial charge in [0.15, 0.2) is 0 Å². The van der Waals surface area contributed by atoms with E-state index in [0.29, 0.717) is 41.4 Å². The first kappa shape index (κ1) is 23.1. The highest BCUT2D eigenvalue weighted by Crippen LogP contribution is 2.31. The number of rotatable bonds is 6. The molecule has 0 radical (unpaired) electrons. The number of aliphatic imine (C=N–C) groups is 1. The summed E-state index contributed by atoms with van der Waals surface area (Å²) in [5.74, 6) is -0.172. The molecule has 2 rings (SSSR count). The molecule has 29 heavy (non-hydrogen) atoms. The molecule has 1 aromatic carbocycles. The first-order valence-electron chi connectivity index (χ1n) is 9.37. The highest BCUT2D eigenvalue weighted by Gasteiger charge is 2.35. The van der Waals surface area contributed by atoms with E-state index in [1.807, 2.05) is 0 Å². The number of ether oxygens (including phenoxy) is 1. The molecule has 0 bridgehead atoms. The Bertz CT molecular complexity index is 807. The summed E-state index contributed by atoms with van der Waals surface area (Å²) in [6, 6.07) is 4.89. The zero-order valence-electron chi connectivity index (χ0n) is 16.4. The van der Waals surface area contributed by atoms with Crippen molar-refractivity contribution in [3.8, 4) is 5.75 Å². The van der Waals surface area contributed by atoms with Crippen LogP contribution in [0.1, 0.15) is 39.0 Å². The van der Waals surface area contributed by atoms with Crippen LogP contribution in [-0.4, -0.2) is 31.4 Å². The molecule has 1 amide bonds. The van der Waals surface area contributed by atoms with E-state index in [9.17, 15) is 18.0 Å². The van der Waals surface area contributed by atoms with Gasteiger partial charge in [-0.1, -0.05) is 18.5 Å². The summed E-state index contributed by atoms with van der Waals surface area (Å²) >= 11 is 5.96. The number of amides is 1. The number of hydrogen-bond acceptors (Lipinski definition) is 4. The number of nitrogens with one attached hydrogen (secondary N) is 1. The third-order valence-corrected chi connectivity index (χ3v) is 5.04. The summed E-state index contributed by atoms with van der Waals surface area (Å²) in [4.78, 5) is 16.8. The average Bonchev–Trinajstić information content (AvgIpc) is 2.67. The molecule has 0 aromatic heterocycles. The van der Waals surface area contributed by atoms with E-state index in [-0.39, 0.29) is 24.4 Å². The Balaban J connectivity index is 2.01. The van der Waals surface area contributed by atoms with Gasteiger partial charge >= 0.3 is 6.18 Å². The van der Waals surface area contributed by atoms with Crippen LogP contribution in [0.15, 0.2) is 34.5 Å². The van der Waals surface area contributed by atoms with Crippen molar-refractivity contribution in [3.63, 3.8) is 0 Å². The van der Waals surface area contributed by atoms with Crippen LogP contribution in [0.4, 0.5) is 18.9 Å². The Kier molecular flexibility index (Phi) is 7.96. The number of carbonyl (C=O) groups excluding carboxylic acids is 1. The van der Waals surface area contributed by atoms with Gasteiger partial charge in [-0.2, -0.15) is 13.2 Å². The summed E-state index contributed by atoms with van der Waals surface area (Å²) in [7, 11) is 1.49. The Hall–Kier alpha value is -2.22. The predicted molar refractivity (Wildman–Crippen MR) is 108 cm³/mol. The van der Waals surface area contributed by atoms with Gasteiger partial charge in [0.25, 0.3) is 0 Å². The monoisotopic (exact) mass is 431 g/mol. The molecule has 1 aliphatic rings. The zero-order chi connectivity index (χ0) is 21.6. The lowest BCUT2D eigenvalue weighted by Crippen LogP contribution is -2.26. The smallest absolute Gasteiger partial charge is 0.431 e. The maximum atomic E-state index is 13.0. The second kappa shape index (κ2) is 10.0.